The van der Waals surface area contributed by atoms with Crippen LogP contribution in [-0.4, -0.2) is 33.8 Å². The molecule has 2 heterocycles. The van der Waals surface area contributed by atoms with Crippen molar-refractivity contribution in [1.82, 2.24) is 20.0 Å². The topological polar surface area (TPSA) is 59.4 Å². The van der Waals surface area contributed by atoms with Gasteiger partial charge in [0.15, 0.2) is 0 Å². The van der Waals surface area contributed by atoms with Crippen LogP contribution in [0, 0.1) is 5.82 Å². The maximum Gasteiger partial charge on any atom is 0.317 e. The second-order valence-electron chi connectivity index (χ2n) is 7.72. The molecule has 3 aromatic rings. The number of hydrogen-bond donors (Lipinski definition) is 1. The minimum Gasteiger partial charge on any atom is -0.370 e. The number of ether oxygens (including phenoxy) is 1. The predicted molar refractivity (Wildman–Crippen MR) is 116 cm³/mol. The SMILES string of the molecule is Cn1nc(COCc2ccccc2F)c2c1CCN(C(=O)NCCc1ccccc1)C2. The number of hydrogen-bond acceptors (Lipinski definition) is 3. The van der Waals surface area contributed by atoms with Crippen molar-refractivity contribution in [3.8, 4) is 0 Å². The molecule has 0 aliphatic carbocycles. The van der Waals surface area contributed by atoms with Gasteiger partial charge in [0.1, 0.15) is 5.82 Å². The molecule has 0 atom stereocenters. The second kappa shape index (κ2) is 9.75. The molecule has 1 aliphatic rings. The first-order valence-corrected chi connectivity index (χ1v) is 10.5. The van der Waals surface area contributed by atoms with E-state index in [1.807, 2.05) is 34.8 Å². The summed E-state index contributed by atoms with van der Waals surface area (Å²) in [5, 5.41) is 7.60. The maximum absolute atomic E-state index is 13.8. The van der Waals surface area contributed by atoms with Gasteiger partial charge in [-0.15, -0.1) is 0 Å². The molecule has 0 bridgehead atoms. The Balaban J connectivity index is 1.33. The number of rotatable bonds is 7. The largest absolute Gasteiger partial charge is 0.370 e. The third-order valence-corrected chi connectivity index (χ3v) is 5.60. The molecule has 0 saturated carbocycles. The summed E-state index contributed by atoms with van der Waals surface area (Å²) in [6.45, 7) is 2.21. The Morgan fingerprint density at radius 2 is 1.90 bits per heavy atom. The van der Waals surface area contributed by atoms with E-state index in [4.69, 9.17) is 4.74 Å². The van der Waals surface area contributed by atoms with Gasteiger partial charge in [-0.25, -0.2) is 9.18 Å². The zero-order chi connectivity index (χ0) is 21.6. The number of nitrogens with zero attached hydrogens (tertiary/aromatic N) is 3. The summed E-state index contributed by atoms with van der Waals surface area (Å²) in [5.74, 6) is -0.274. The van der Waals surface area contributed by atoms with E-state index in [1.165, 1.54) is 11.6 Å². The molecule has 6 nitrogen and oxygen atoms in total. The summed E-state index contributed by atoms with van der Waals surface area (Å²) < 4.78 is 21.4. The van der Waals surface area contributed by atoms with Gasteiger partial charge >= 0.3 is 6.03 Å². The monoisotopic (exact) mass is 422 g/mol. The Kier molecular flexibility index (Phi) is 6.62. The van der Waals surface area contributed by atoms with Crippen LogP contribution in [0.4, 0.5) is 9.18 Å². The average molecular weight is 423 g/mol. The molecule has 1 N–H and O–H groups in total. The molecule has 4 rings (SSSR count). The molecular weight excluding hydrogens is 395 g/mol. The normalized spacial score (nSPS) is 13.2. The highest BCUT2D eigenvalue weighted by atomic mass is 19.1. The Labute approximate surface area is 181 Å². The molecule has 31 heavy (non-hydrogen) atoms. The number of halogens is 1. The number of carbonyl (C=O) groups excluding carboxylic acids is 1. The van der Waals surface area contributed by atoms with Crippen molar-refractivity contribution in [2.75, 3.05) is 13.1 Å². The molecule has 7 heteroatoms. The van der Waals surface area contributed by atoms with Gasteiger partial charge in [-0.3, -0.25) is 4.68 Å². The molecule has 162 valence electrons. The first-order valence-electron chi connectivity index (χ1n) is 10.5. The molecule has 0 radical (unpaired) electrons. The van der Waals surface area contributed by atoms with Gasteiger partial charge in [-0.2, -0.15) is 5.10 Å². The average Bonchev–Trinajstić information content (AvgIpc) is 3.10. The van der Waals surface area contributed by atoms with Crippen LogP contribution in [0.25, 0.3) is 0 Å². The number of fused-ring (bicyclic) bond motifs is 1. The highest BCUT2D eigenvalue weighted by Crippen LogP contribution is 2.23. The van der Waals surface area contributed by atoms with E-state index < -0.39 is 0 Å². The van der Waals surface area contributed by atoms with Gasteiger partial charge in [-0.1, -0.05) is 48.5 Å². The minimum atomic E-state index is -0.274. The molecule has 0 fully saturated rings. The van der Waals surface area contributed by atoms with Gasteiger partial charge in [0, 0.05) is 43.4 Å². The lowest BCUT2D eigenvalue weighted by atomic mass is 10.1. The maximum atomic E-state index is 13.8. The van der Waals surface area contributed by atoms with Crippen LogP contribution in [0.5, 0.6) is 0 Å². The zero-order valence-corrected chi connectivity index (χ0v) is 17.7. The van der Waals surface area contributed by atoms with Crippen LogP contribution in [0.1, 0.15) is 28.1 Å². The van der Waals surface area contributed by atoms with Crippen LogP contribution in [-0.2, 0) is 44.4 Å². The quantitative estimate of drug-likeness (QED) is 0.633. The number of amides is 2. The highest BCUT2D eigenvalue weighted by Gasteiger charge is 2.26. The van der Waals surface area contributed by atoms with Crippen LogP contribution >= 0.6 is 0 Å². The molecule has 2 aromatic carbocycles. The summed E-state index contributed by atoms with van der Waals surface area (Å²) in [6.07, 6.45) is 1.55. The van der Waals surface area contributed by atoms with Crippen molar-refractivity contribution in [3.63, 3.8) is 0 Å². The fourth-order valence-corrected chi connectivity index (χ4v) is 3.90. The first kappa shape index (κ1) is 21.1. The van der Waals surface area contributed by atoms with E-state index in [9.17, 15) is 9.18 Å². The van der Waals surface area contributed by atoms with Gasteiger partial charge in [0.05, 0.1) is 25.5 Å². The number of benzene rings is 2. The van der Waals surface area contributed by atoms with Crippen LogP contribution in [0.2, 0.25) is 0 Å². The Morgan fingerprint density at radius 3 is 2.71 bits per heavy atom. The molecule has 0 unspecified atom stereocenters. The molecular formula is C24H27FN4O2. The van der Waals surface area contributed by atoms with E-state index in [0.717, 1.165) is 29.8 Å². The van der Waals surface area contributed by atoms with Crippen molar-refractivity contribution in [2.45, 2.75) is 32.6 Å². The standard InChI is InChI=1S/C24H27FN4O2/c1-28-23-12-14-29(24(30)26-13-11-18-7-3-2-4-8-18)15-20(23)22(27-28)17-31-16-19-9-5-6-10-21(19)25/h2-10H,11-17H2,1H3,(H,26,30). The predicted octanol–water partition coefficient (Wildman–Crippen LogP) is 3.59. The van der Waals surface area contributed by atoms with Gasteiger partial charge in [0.25, 0.3) is 0 Å². The second-order valence-corrected chi connectivity index (χ2v) is 7.72. The lowest BCUT2D eigenvalue weighted by Crippen LogP contribution is -2.43. The van der Waals surface area contributed by atoms with E-state index in [2.05, 4.69) is 22.5 Å². The van der Waals surface area contributed by atoms with Gasteiger partial charge < -0.3 is 15.0 Å². The van der Waals surface area contributed by atoms with Gasteiger partial charge in [-0.05, 0) is 18.1 Å². The Hall–Kier alpha value is -3.19. The summed E-state index contributed by atoms with van der Waals surface area (Å²) in [6, 6.07) is 16.6. The minimum absolute atomic E-state index is 0.0661. The molecule has 2 amide bonds. The molecule has 1 aliphatic heterocycles. The Bertz CT molecular complexity index is 1040. The van der Waals surface area contributed by atoms with E-state index in [0.29, 0.717) is 25.2 Å². The smallest absolute Gasteiger partial charge is 0.317 e. The van der Waals surface area contributed by atoms with E-state index in [-0.39, 0.29) is 25.1 Å². The molecule has 1 aromatic heterocycles. The Morgan fingerprint density at radius 1 is 1.13 bits per heavy atom. The summed E-state index contributed by atoms with van der Waals surface area (Å²) >= 11 is 0. The highest BCUT2D eigenvalue weighted by molar-refractivity contribution is 5.74. The summed E-state index contributed by atoms with van der Waals surface area (Å²) in [7, 11) is 1.91. The fraction of sp³-hybridized carbons (Fsp3) is 0.333. The van der Waals surface area contributed by atoms with Gasteiger partial charge in [0.2, 0.25) is 0 Å². The van der Waals surface area contributed by atoms with Crippen molar-refractivity contribution in [2.24, 2.45) is 7.05 Å². The third kappa shape index (κ3) is 5.11. The lowest BCUT2D eigenvalue weighted by molar-refractivity contribution is 0.101. The lowest BCUT2D eigenvalue weighted by Gasteiger charge is -2.28. The molecule has 0 saturated heterocycles. The van der Waals surface area contributed by atoms with Crippen molar-refractivity contribution in [1.29, 1.82) is 0 Å². The third-order valence-electron chi connectivity index (χ3n) is 5.60. The first-order chi connectivity index (χ1) is 15.1. The zero-order valence-electron chi connectivity index (χ0n) is 17.7. The van der Waals surface area contributed by atoms with Crippen LogP contribution < -0.4 is 5.32 Å². The number of nitrogens with one attached hydrogen (secondary N) is 1. The van der Waals surface area contributed by atoms with Crippen molar-refractivity contribution >= 4 is 6.03 Å². The number of carbonyl (C=O) groups is 1. The van der Waals surface area contributed by atoms with Crippen molar-refractivity contribution in [3.05, 3.63) is 88.5 Å². The summed E-state index contributed by atoms with van der Waals surface area (Å²) in [4.78, 5) is 14.5. The number of aryl methyl sites for hydroxylation is 1. The number of urea groups is 1. The van der Waals surface area contributed by atoms with Crippen LogP contribution in [0.3, 0.4) is 0 Å². The van der Waals surface area contributed by atoms with Crippen molar-refractivity contribution < 1.29 is 13.9 Å². The van der Waals surface area contributed by atoms with Crippen LogP contribution in [0.15, 0.2) is 54.6 Å². The van der Waals surface area contributed by atoms with E-state index in [1.54, 1.807) is 18.2 Å². The fourth-order valence-electron chi connectivity index (χ4n) is 3.90. The van der Waals surface area contributed by atoms with E-state index >= 15 is 0 Å². The summed E-state index contributed by atoms with van der Waals surface area (Å²) in [5.41, 5.74) is 4.67. The number of aromatic nitrogens is 2. The molecule has 0 spiro atoms.